The molecule has 0 saturated heterocycles. The number of benzene rings is 2. The van der Waals surface area contributed by atoms with Crippen molar-refractivity contribution >= 4 is 0 Å². The fraction of sp³-hybridized carbons (Fsp3) is 0.333. The normalized spacial score (nSPS) is 13.1. The topological polar surface area (TPSA) is 43.7 Å². The number of hydrogen-bond donors (Lipinski definition) is 2. The van der Waals surface area contributed by atoms with Crippen molar-refractivity contribution in [2.45, 2.75) is 19.3 Å². The number of aryl methyl sites for hydroxylation is 1. The van der Waals surface area contributed by atoms with Gasteiger partial charge < -0.3 is 15.1 Å². The number of fused-ring (bicyclic) bond motifs is 3. The van der Waals surface area contributed by atoms with E-state index >= 15 is 0 Å². The summed E-state index contributed by atoms with van der Waals surface area (Å²) in [6, 6.07) is 9.86. The standard InChI is InChI=1S/C18H21NO2/c1-19(2)10-9-13-11-16(20)18(21)17-14-6-4-3-5-12(14)7-8-15(13)17/h3-6,11,20-21H,7-10H2,1-2H3. The number of phenolic OH excluding ortho intramolecular Hbond substituents is 2. The highest BCUT2D eigenvalue weighted by Crippen LogP contribution is 2.45. The maximum absolute atomic E-state index is 10.3. The largest absolute Gasteiger partial charge is 0.504 e. The quantitative estimate of drug-likeness (QED) is 0.851. The van der Waals surface area contributed by atoms with Crippen LogP contribution in [0.25, 0.3) is 11.1 Å². The lowest BCUT2D eigenvalue weighted by Crippen LogP contribution is -2.17. The summed E-state index contributed by atoms with van der Waals surface area (Å²) < 4.78 is 0. The summed E-state index contributed by atoms with van der Waals surface area (Å²) >= 11 is 0. The first-order chi connectivity index (χ1) is 10.1. The molecule has 0 saturated carbocycles. The summed E-state index contributed by atoms with van der Waals surface area (Å²) in [4.78, 5) is 2.13. The Balaban J connectivity index is 2.14. The van der Waals surface area contributed by atoms with E-state index < -0.39 is 0 Å². The molecule has 0 aromatic heterocycles. The molecule has 0 atom stereocenters. The van der Waals surface area contributed by atoms with Crippen molar-refractivity contribution in [1.82, 2.24) is 4.90 Å². The van der Waals surface area contributed by atoms with Crippen LogP contribution >= 0.6 is 0 Å². The van der Waals surface area contributed by atoms with Crippen molar-refractivity contribution in [1.29, 1.82) is 0 Å². The maximum Gasteiger partial charge on any atom is 0.165 e. The lowest BCUT2D eigenvalue weighted by molar-refractivity contribution is 0.399. The average molecular weight is 283 g/mol. The number of nitrogens with zero attached hydrogens (tertiary/aromatic N) is 1. The van der Waals surface area contributed by atoms with Crippen molar-refractivity contribution in [2.75, 3.05) is 20.6 Å². The molecule has 0 radical (unpaired) electrons. The molecule has 2 aromatic rings. The average Bonchev–Trinajstić information content (AvgIpc) is 2.48. The van der Waals surface area contributed by atoms with E-state index in [2.05, 4.69) is 11.0 Å². The van der Waals surface area contributed by atoms with Gasteiger partial charge in [-0.1, -0.05) is 24.3 Å². The second-order valence-electron chi connectivity index (χ2n) is 5.97. The molecule has 2 aromatic carbocycles. The van der Waals surface area contributed by atoms with Gasteiger partial charge >= 0.3 is 0 Å². The van der Waals surface area contributed by atoms with E-state index in [1.54, 1.807) is 6.07 Å². The van der Waals surface area contributed by atoms with E-state index in [0.29, 0.717) is 0 Å². The van der Waals surface area contributed by atoms with Gasteiger partial charge in [0.15, 0.2) is 11.5 Å². The molecule has 110 valence electrons. The van der Waals surface area contributed by atoms with Crippen LogP contribution in [0, 0.1) is 0 Å². The Bertz CT molecular complexity index is 677. The third-order valence-corrected chi connectivity index (χ3v) is 4.24. The highest BCUT2D eigenvalue weighted by Gasteiger charge is 2.24. The SMILES string of the molecule is CN(C)CCc1cc(O)c(O)c2c1CCc1ccccc1-2. The smallest absolute Gasteiger partial charge is 0.165 e. The molecule has 1 aliphatic rings. The number of likely N-dealkylation sites (N-methyl/N-ethyl adjacent to an activating group) is 1. The van der Waals surface area contributed by atoms with Crippen molar-refractivity contribution in [3.63, 3.8) is 0 Å². The van der Waals surface area contributed by atoms with Gasteiger partial charge in [0.2, 0.25) is 0 Å². The van der Waals surface area contributed by atoms with Gasteiger partial charge in [0.05, 0.1) is 0 Å². The molecule has 3 rings (SSSR count). The van der Waals surface area contributed by atoms with E-state index in [9.17, 15) is 10.2 Å². The van der Waals surface area contributed by atoms with Crippen molar-refractivity contribution in [3.05, 3.63) is 47.0 Å². The number of rotatable bonds is 3. The summed E-state index contributed by atoms with van der Waals surface area (Å²) in [5.41, 5.74) is 5.45. The monoisotopic (exact) mass is 283 g/mol. The first-order valence-electron chi connectivity index (χ1n) is 7.37. The predicted molar refractivity (Wildman–Crippen MR) is 84.9 cm³/mol. The summed E-state index contributed by atoms with van der Waals surface area (Å²) in [6.07, 6.45) is 2.79. The Morgan fingerprint density at radius 1 is 1.10 bits per heavy atom. The molecular weight excluding hydrogens is 262 g/mol. The fourth-order valence-electron chi connectivity index (χ4n) is 3.14. The van der Waals surface area contributed by atoms with Crippen LogP contribution in [0.4, 0.5) is 0 Å². The van der Waals surface area contributed by atoms with Crippen LogP contribution in [0.1, 0.15) is 16.7 Å². The van der Waals surface area contributed by atoms with Gasteiger partial charge in [-0.05, 0) is 61.7 Å². The Morgan fingerprint density at radius 3 is 2.62 bits per heavy atom. The highest BCUT2D eigenvalue weighted by molar-refractivity contribution is 5.81. The van der Waals surface area contributed by atoms with Crippen LogP contribution < -0.4 is 0 Å². The minimum atomic E-state index is -0.0146. The molecule has 2 N–H and O–H groups in total. The molecule has 3 nitrogen and oxygen atoms in total. The molecule has 0 spiro atoms. The minimum absolute atomic E-state index is 0.0146. The zero-order valence-corrected chi connectivity index (χ0v) is 12.6. The highest BCUT2D eigenvalue weighted by atomic mass is 16.3. The molecule has 21 heavy (non-hydrogen) atoms. The Kier molecular flexibility index (Phi) is 3.60. The molecule has 0 fully saturated rings. The molecule has 0 aliphatic heterocycles. The molecule has 1 aliphatic carbocycles. The Hall–Kier alpha value is -2.00. The minimum Gasteiger partial charge on any atom is -0.504 e. The zero-order chi connectivity index (χ0) is 15.0. The zero-order valence-electron chi connectivity index (χ0n) is 12.6. The Labute approximate surface area is 125 Å². The first-order valence-corrected chi connectivity index (χ1v) is 7.37. The van der Waals surface area contributed by atoms with E-state index in [4.69, 9.17) is 0 Å². The van der Waals surface area contributed by atoms with Crippen LogP contribution in [0.5, 0.6) is 11.5 Å². The third kappa shape index (κ3) is 2.49. The summed E-state index contributed by atoms with van der Waals surface area (Å²) in [7, 11) is 4.09. The molecule has 0 bridgehead atoms. The molecule has 3 heteroatoms. The molecule has 0 amide bonds. The van der Waals surface area contributed by atoms with Gasteiger partial charge in [-0.2, -0.15) is 0 Å². The molecule has 0 unspecified atom stereocenters. The van der Waals surface area contributed by atoms with Crippen LogP contribution in [0.3, 0.4) is 0 Å². The summed E-state index contributed by atoms with van der Waals surface area (Å²) in [6.45, 7) is 0.929. The van der Waals surface area contributed by atoms with Gasteiger partial charge in [0.25, 0.3) is 0 Å². The number of hydrogen-bond acceptors (Lipinski definition) is 3. The van der Waals surface area contributed by atoms with Crippen molar-refractivity contribution < 1.29 is 10.2 Å². The fourth-order valence-corrected chi connectivity index (χ4v) is 3.14. The van der Waals surface area contributed by atoms with Crippen LogP contribution in [-0.4, -0.2) is 35.8 Å². The van der Waals surface area contributed by atoms with E-state index in [1.165, 1.54) is 11.1 Å². The lowest BCUT2D eigenvalue weighted by atomic mass is 9.82. The number of aromatic hydroxyl groups is 2. The van der Waals surface area contributed by atoms with Crippen LogP contribution in [0.2, 0.25) is 0 Å². The van der Waals surface area contributed by atoms with Crippen LogP contribution in [-0.2, 0) is 19.3 Å². The predicted octanol–water partition coefficient (Wildman–Crippen LogP) is 2.97. The van der Waals surface area contributed by atoms with Crippen LogP contribution in [0.15, 0.2) is 30.3 Å². The van der Waals surface area contributed by atoms with Gasteiger partial charge in [0, 0.05) is 12.1 Å². The Morgan fingerprint density at radius 2 is 1.86 bits per heavy atom. The summed E-state index contributed by atoms with van der Waals surface area (Å²) in [5.74, 6) is 0.00459. The van der Waals surface area contributed by atoms with E-state index in [0.717, 1.165) is 42.5 Å². The second kappa shape index (κ2) is 5.41. The van der Waals surface area contributed by atoms with E-state index in [1.807, 2.05) is 32.3 Å². The number of phenols is 2. The van der Waals surface area contributed by atoms with Gasteiger partial charge in [0.1, 0.15) is 0 Å². The maximum atomic E-state index is 10.3. The first kappa shape index (κ1) is 14.0. The summed E-state index contributed by atoms with van der Waals surface area (Å²) in [5, 5.41) is 20.4. The molecule has 0 heterocycles. The van der Waals surface area contributed by atoms with Gasteiger partial charge in [-0.15, -0.1) is 0 Å². The van der Waals surface area contributed by atoms with Crippen molar-refractivity contribution in [2.24, 2.45) is 0 Å². The van der Waals surface area contributed by atoms with Gasteiger partial charge in [-0.3, -0.25) is 0 Å². The molecular formula is C18H21NO2. The van der Waals surface area contributed by atoms with E-state index in [-0.39, 0.29) is 11.5 Å². The van der Waals surface area contributed by atoms with Gasteiger partial charge in [-0.25, -0.2) is 0 Å². The third-order valence-electron chi connectivity index (χ3n) is 4.24. The van der Waals surface area contributed by atoms with Crippen molar-refractivity contribution in [3.8, 4) is 22.6 Å². The second-order valence-corrected chi connectivity index (χ2v) is 5.97. The lowest BCUT2D eigenvalue weighted by Gasteiger charge is -2.24.